The van der Waals surface area contributed by atoms with Crippen molar-refractivity contribution in [3.05, 3.63) is 70.1 Å². The zero-order chi connectivity index (χ0) is 23.3. The van der Waals surface area contributed by atoms with Crippen LogP contribution >= 0.6 is 11.8 Å². The van der Waals surface area contributed by atoms with Crippen molar-refractivity contribution < 1.29 is 23.7 Å². The molecule has 0 aliphatic rings. The number of amides is 1. The first-order valence-electron chi connectivity index (χ1n) is 9.47. The summed E-state index contributed by atoms with van der Waals surface area (Å²) in [6.07, 6.45) is -0.830. The molecule has 0 saturated heterocycles. The van der Waals surface area contributed by atoms with Crippen molar-refractivity contribution in [3.63, 3.8) is 0 Å². The molecule has 1 aromatic heterocycles. The van der Waals surface area contributed by atoms with Crippen LogP contribution in [0.4, 0.5) is 5.69 Å². The Hall–Kier alpha value is -3.73. The monoisotopic (exact) mass is 456 g/mol. The summed E-state index contributed by atoms with van der Waals surface area (Å²) < 4.78 is 11.1. The van der Waals surface area contributed by atoms with Gasteiger partial charge >= 0.3 is 5.97 Å². The lowest BCUT2D eigenvalue weighted by Crippen LogP contribution is -2.23. The minimum Gasteiger partial charge on any atom is -0.449 e. The molecule has 1 unspecified atom stereocenters. The predicted molar refractivity (Wildman–Crippen MR) is 116 cm³/mol. The summed E-state index contributed by atoms with van der Waals surface area (Å²) in [5.41, 5.74) is 0.769. The van der Waals surface area contributed by atoms with Crippen molar-refractivity contribution in [1.29, 1.82) is 0 Å². The molecule has 166 valence electrons. The lowest BCUT2D eigenvalue weighted by atomic mass is 10.2. The van der Waals surface area contributed by atoms with Crippen LogP contribution in [0.5, 0.6) is 0 Å². The summed E-state index contributed by atoms with van der Waals surface area (Å²) >= 11 is 1.25. The number of thioether (sulfide) groups is 1. The number of hydrogen-bond donors (Lipinski definition) is 0. The first kappa shape index (κ1) is 22.9. The molecule has 1 atom stereocenters. The molecule has 0 spiro atoms. The molecule has 3 aromatic rings. The van der Waals surface area contributed by atoms with E-state index in [1.165, 1.54) is 40.9 Å². The average Bonchev–Trinajstić information content (AvgIpc) is 3.28. The minimum absolute atomic E-state index is 0.0559. The van der Waals surface area contributed by atoms with E-state index in [-0.39, 0.29) is 29.1 Å². The van der Waals surface area contributed by atoms with Gasteiger partial charge in [0.2, 0.25) is 11.8 Å². The molecule has 0 saturated carbocycles. The molecule has 0 aliphatic carbocycles. The third-order valence-electron chi connectivity index (χ3n) is 4.35. The standard InChI is InChI=1S/C21H20N4O6S/c1-13(19-22-23-20(31-19)14-8-10-15(11-9-14)25(28)29)30-21(27)16-6-4-5-7-17(16)32-12-18(26)24(2)3/h4-11,13H,12H2,1-3H3. The Labute approximate surface area is 187 Å². The molecule has 0 radical (unpaired) electrons. The van der Waals surface area contributed by atoms with Gasteiger partial charge in [-0.25, -0.2) is 4.79 Å². The summed E-state index contributed by atoms with van der Waals surface area (Å²) in [5, 5.41) is 18.6. The first-order chi connectivity index (χ1) is 15.3. The van der Waals surface area contributed by atoms with Crippen LogP contribution in [-0.4, -0.2) is 51.7 Å². The molecule has 2 aromatic carbocycles. The fraction of sp³-hybridized carbons (Fsp3) is 0.238. The van der Waals surface area contributed by atoms with Crippen molar-refractivity contribution in [2.45, 2.75) is 17.9 Å². The number of benzene rings is 2. The molecule has 11 heteroatoms. The largest absolute Gasteiger partial charge is 0.449 e. The van der Waals surface area contributed by atoms with Gasteiger partial charge in [-0.2, -0.15) is 0 Å². The van der Waals surface area contributed by atoms with Gasteiger partial charge in [-0.1, -0.05) is 12.1 Å². The van der Waals surface area contributed by atoms with Crippen molar-refractivity contribution in [3.8, 4) is 11.5 Å². The Kier molecular flexibility index (Phi) is 7.21. The number of rotatable bonds is 8. The highest BCUT2D eigenvalue weighted by Crippen LogP contribution is 2.27. The van der Waals surface area contributed by atoms with Gasteiger partial charge in [0, 0.05) is 36.7 Å². The number of esters is 1. The number of nitrogens with zero attached hydrogens (tertiary/aromatic N) is 4. The number of non-ortho nitro benzene ring substituents is 1. The second kappa shape index (κ2) is 10.1. The molecular formula is C21H20N4O6S. The van der Waals surface area contributed by atoms with E-state index in [2.05, 4.69) is 10.2 Å². The van der Waals surface area contributed by atoms with E-state index in [1.54, 1.807) is 45.3 Å². The molecular weight excluding hydrogens is 436 g/mol. The Balaban J connectivity index is 1.69. The topological polar surface area (TPSA) is 129 Å². The normalized spacial score (nSPS) is 11.6. The van der Waals surface area contributed by atoms with E-state index >= 15 is 0 Å². The highest BCUT2D eigenvalue weighted by molar-refractivity contribution is 8.00. The maximum absolute atomic E-state index is 12.7. The van der Waals surface area contributed by atoms with Gasteiger partial charge in [-0.05, 0) is 31.2 Å². The lowest BCUT2D eigenvalue weighted by molar-refractivity contribution is -0.384. The lowest BCUT2D eigenvalue weighted by Gasteiger charge is -2.13. The SMILES string of the molecule is CC(OC(=O)c1ccccc1SCC(=O)N(C)C)c1nnc(-c2ccc([N+](=O)[O-])cc2)o1. The zero-order valence-corrected chi connectivity index (χ0v) is 18.4. The molecule has 0 aliphatic heterocycles. The molecule has 0 fully saturated rings. The van der Waals surface area contributed by atoms with E-state index < -0.39 is 17.0 Å². The number of aromatic nitrogens is 2. The summed E-state index contributed by atoms with van der Waals surface area (Å²) in [4.78, 5) is 37.0. The Morgan fingerprint density at radius 3 is 2.50 bits per heavy atom. The molecule has 0 bridgehead atoms. The molecule has 10 nitrogen and oxygen atoms in total. The van der Waals surface area contributed by atoms with Crippen LogP contribution in [0.15, 0.2) is 57.8 Å². The first-order valence-corrected chi connectivity index (χ1v) is 10.5. The van der Waals surface area contributed by atoms with Gasteiger partial charge in [0.05, 0.1) is 16.2 Å². The smallest absolute Gasteiger partial charge is 0.340 e. The van der Waals surface area contributed by atoms with E-state index in [9.17, 15) is 19.7 Å². The van der Waals surface area contributed by atoms with Crippen LogP contribution in [0.3, 0.4) is 0 Å². The van der Waals surface area contributed by atoms with E-state index in [1.807, 2.05) is 0 Å². The fourth-order valence-electron chi connectivity index (χ4n) is 2.55. The quantitative estimate of drug-likeness (QED) is 0.215. The maximum atomic E-state index is 12.7. The van der Waals surface area contributed by atoms with Crippen LogP contribution in [0, 0.1) is 10.1 Å². The van der Waals surface area contributed by atoms with E-state index in [0.29, 0.717) is 16.0 Å². The van der Waals surface area contributed by atoms with Crippen LogP contribution < -0.4 is 0 Å². The Bertz CT molecular complexity index is 1130. The van der Waals surface area contributed by atoms with Gasteiger partial charge in [0.1, 0.15) is 0 Å². The fourth-order valence-corrected chi connectivity index (χ4v) is 3.56. The minimum atomic E-state index is -0.830. The molecule has 32 heavy (non-hydrogen) atoms. The third kappa shape index (κ3) is 5.49. The number of nitro benzene ring substituents is 1. The van der Waals surface area contributed by atoms with E-state index in [0.717, 1.165) is 0 Å². The number of ether oxygens (including phenoxy) is 1. The second-order valence-corrected chi connectivity index (χ2v) is 7.89. The number of nitro groups is 1. The number of carbonyl (C=O) groups excluding carboxylic acids is 2. The van der Waals surface area contributed by atoms with E-state index in [4.69, 9.17) is 9.15 Å². The number of hydrogen-bond acceptors (Lipinski definition) is 9. The number of carbonyl (C=O) groups is 2. The van der Waals surface area contributed by atoms with Crippen LogP contribution in [0.1, 0.15) is 29.3 Å². The van der Waals surface area contributed by atoms with Gasteiger partial charge in [0.15, 0.2) is 6.10 Å². The van der Waals surface area contributed by atoms with Gasteiger partial charge in [0.25, 0.3) is 11.6 Å². The van der Waals surface area contributed by atoms with Crippen molar-refractivity contribution in [2.24, 2.45) is 0 Å². The van der Waals surface area contributed by atoms with Gasteiger partial charge in [-0.15, -0.1) is 22.0 Å². The molecule has 1 heterocycles. The van der Waals surface area contributed by atoms with Crippen LogP contribution in [0.2, 0.25) is 0 Å². The van der Waals surface area contributed by atoms with Gasteiger partial charge < -0.3 is 14.1 Å². The van der Waals surface area contributed by atoms with Crippen LogP contribution in [0.25, 0.3) is 11.5 Å². The average molecular weight is 456 g/mol. The Morgan fingerprint density at radius 2 is 1.84 bits per heavy atom. The van der Waals surface area contributed by atoms with Crippen molar-refractivity contribution in [1.82, 2.24) is 15.1 Å². The van der Waals surface area contributed by atoms with Crippen molar-refractivity contribution >= 4 is 29.3 Å². The predicted octanol–water partition coefficient (Wildman–Crippen LogP) is 3.74. The highest BCUT2D eigenvalue weighted by atomic mass is 32.2. The summed E-state index contributed by atoms with van der Waals surface area (Å²) in [7, 11) is 3.33. The third-order valence-corrected chi connectivity index (χ3v) is 5.41. The second-order valence-electron chi connectivity index (χ2n) is 6.87. The Morgan fingerprint density at radius 1 is 1.16 bits per heavy atom. The maximum Gasteiger partial charge on any atom is 0.340 e. The highest BCUT2D eigenvalue weighted by Gasteiger charge is 2.22. The van der Waals surface area contributed by atoms with Gasteiger partial charge in [-0.3, -0.25) is 14.9 Å². The molecule has 0 N–H and O–H groups in total. The molecule has 3 rings (SSSR count). The summed E-state index contributed by atoms with van der Waals surface area (Å²) in [5.74, 6) is -0.241. The van der Waals surface area contributed by atoms with Crippen LogP contribution in [-0.2, 0) is 9.53 Å². The zero-order valence-electron chi connectivity index (χ0n) is 17.5. The molecule has 1 amide bonds. The van der Waals surface area contributed by atoms with Crippen molar-refractivity contribution in [2.75, 3.05) is 19.8 Å². The summed E-state index contributed by atoms with van der Waals surface area (Å²) in [6.45, 7) is 1.59. The summed E-state index contributed by atoms with van der Waals surface area (Å²) in [6, 6.07) is 12.5.